The van der Waals surface area contributed by atoms with E-state index in [4.69, 9.17) is 0 Å². The molecule has 0 aliphatic rings. The first-order valence-corrected chi connectivity index (χ1v) is 7.00. The zero-order valence-electron chi connectivity index (χ0n) is 14.5. The molecule has 0 amide bonds. The van der Waals surface area contributed by atoms with E-state index in [1.165, 1.54) is 0 Å². The van der Waals surface area contributed by atoms with E-state index in [9.17, 15) is 0 Å². The lowest BCUT2D eigenvalue weighted by molar-refractivity contribution is 1.34. The lowest BCUT2D eigenvalue weighted by Crippen LogP contribution is -1.91. The molecule has 0 aliphatic carbocycles. The molecule has 27 heavy (non-hydrogen) atoms. The SMILES string of the molecule is CC#CC#CC#CC#CC#CC#CNC#CC#CC#CC#CC#CC#CC. The molecule has 1 heteroatoms. The molecule has 0 radical (unpaired) electrons. The van der Waals surface area contributed by atoms with Gasteiger partial charge in [-0.25, -0.2) is 0 Å². The van der Waals surface area contributed by atoms with Crippen molar-refractivity contribution in [3.05, 3.63) is 0 Å². The molecule has 0 aromatic rings. The van der Waals surface area contributed by atoms with Crippen LogP contribution in [0.2, 0.25) is 0 Å². The van der Waals surface area contributed by atoms with Crippen molar-refractivity contribution in [1.82, 2.24) is 5.32 Å². The van der Waals surface area contributed by atoms with Gasteiger partial charge in [0.25, 0.3) is 0 Å². The van der Waals surface area contributed by atoms with Crippen LogP contribution in [0.1, 0.15) is 13.8 Å². The van der Waals surface area contributed by atoms with Gasteiger partial charge in [-0.1, -0.05) is 11.8 Å². The number of rotatable bonds is 0. The van der Waals surface area contributed by atoms with E-state index in [1.54, 1.807) is 13.8 Å². The van der Waals surface area contributed by atoms with Gasteiger partial charge in [0.05, 0.1) is 0 Å². The van der Waals surface area contributed by atoms with Crippen LogP contribution < -0.4 is 5.32 Å². The van der Waals surface area contributed by atoms with E-state index in [2.05, 4.69) is 148 Å². The molecular formula is C26H7N. The third kappa shape index (κ3) is 20.5. The van der Waals surface area contributed by atoms with Gasteiger partial charge in [0.1, 0.15) is 0 Å². The van der Waals surface area contributed by atoms with E-state index in [-0.39, 0.29) is 0 Å². The van der Waals surface area contributed by atoms with Crippen LogP contribution in [0.3, 0.4) is 0 Å². The summed E-state index contributed by atoms with van der Waals surface area (Å²) >= 11 is 0. The third-order valence-electron chi connectivity index (χ3n) is 1.62. The summed E-state index contributed by atoms with van der Waals surface area (Å²) in [6, 6.07) is 5.01. The van der Waals surface area contributed by atoms with Crippen molar-refractivity contribution in [3.63, 3.8) is 0 Å². The van der Waals surface area contributed by atoms with E-state index in [1.807, 2.05) is 0 Å². The minimum absolute atomic E-state index is 1.70. The highest BCUT2D eigenvalue weighted by molar-refractivity contribution is 5.45. The minimum Gasteiger partial charge on any atom is -0.272 e. The Morgan fingerprint density at radius 2 is 0.519 bits per heavy atom. The van der Waals surface area contributed by atoms with E-state index >= 15 is 0 Å². The normalized spacial score (nSPS) is 4.07. The topological polar surface area (TPSA) is 12.0 Å². The van der Waals surface area contributed by atoms with Gasteiger partial charge in [0.15, 0.2) is 0 Å². The predicted octanol–water partition coefficient (Wildman–Crippen LogP) is 0.572. The van der Waals surface area contributed by atoms with Gasteiger partial charge in [-0.05, 0) is 73.1 Å². The Balaban J connectivity index is 4.29. The van der Waals surface area contributed by atoms with Crippen molar-refractivity contribution in [2.45, 2.75) is 13.8 Å². The predicted molar refractivity (Wildman–Crippen MR) is 108 cm³/mol. The van der Waals surface area contributed by atoms with Gasteiger partial charge in [-0.3, -0.25) is 5.32 Å². The zero-order valence-corrected chi connectivity index (χ0v) is 14.5. The smallest absolute Gasteiger partial charge is 0.0316 e. The van der Waals surface area contributed by atoms with Crippen LogP contribution in [0.25, 0.3) is 0 Å². The van der Waals surface area contributed by atoms with Crippen LogP contribution in [-0.4, -0.2) is 0 Å². The number of nitrogens with one attached hydrogen (secondary N) is 1. The summed E-state index contributed by atoms with van der Waals surface area (Å²) in [5, 5.41) is 2.51. The Labute approximate surface area is 161 Å². The standard InChI is InChI=1S/C26H7N/c1-3-5-7-9-11-13-15-17-19-21-23-25-27-26-24-22-20-18-16-14-12-10-8-6-4-2/h27H,1-2H3. The summed E-state index contributed by atoms with van der Waals surface area (Å²) in [4.78, 5) is 0. The molecule has 0 heterocycles. The molecule has 0 aliphatic heterocycles. The highest BCUT2D eigenvalue weighted by Gasteiger charge is 1.61. The Hall–Kier alpha value is -5.48. The molecule has 0 unspecified atom stereocenters. The van der Waals surface area contributed by atoms with Gasteiger partial charge < -0.3 is 0 Å². The van der Waals surface area contributed by atoms with Crippen LogP contribution >= 0.6 is 0 Å². The summed E-state index contributed by atoms with van der Waals surface area (Å²) in [5.41, 5.74) is 0. The average Bonchev–Trinajstić information content (AvgIpc) is 2.68. The average molecular weight is 333 g/mol. The molecule has 0 rings (SSSR count). The van der Waals surface area contributed by atoms with Crippen molar-refractivity contribution in [3.8, 4) is 142 Å². The first kappa shape index (κ1) is 21.5. The van der Waals surface area contributed by atoms with Gasteiger partial charge in [0.2, 0.25) is 0 Å². The monoisotopic (exact) mass is 333 g/mol. The summed E-state index contributed by atoms with van der Waals surface area (Å²) in [7, 11) is 0. The second-order valence-corrected chi connectivity index (χ2v) is 3.38. The molecule has 0 spiro atoms. The van der Waals surface area contributed by atoms with E-state index in [0.29, 0.717) is 0 Å². The Kier molecular flexibility index (Phi) is 16.4. The van der Waals surface area contributed by atoms with Crippen LogP contribution in [0.15, 0.2) is 0 Å². The maximum Gasteiger partial charge on any atom is 0.0316 e. The number of hydrogen-bond acceptors (Lipinski definition) is 1. The minimum atomic E-state index is 1.70. The molecule has 0 saturated heterocycles. The second-order valence-electron chi connectivity index (χ2n) is 3.38. The van der Waals surface area contributed by atoms with Crippen LogP contribution in [0.4, 0.5) is 0 Å². The van der Waals surface area contributed by atoms with E-state index < -0.39 is 0 Å². The fourth-order valence-electron chi connectivity index (χ4n) is 0.781. The molecule has 0 fully saturated rings. The zero-order chi connectivity index (χ0) is 19.7. The van der Waals surface area contributed by atoms with Gasteiger partial charge in [0, 0.05) is 71.3 Å². The lowest BCUT2D eigenvalue weighted by Gasteiger charge is -1.70. The van der Waals surface area contributed by atoms with Crippen molar-refractivity contribution in [2.75, 3.05) is 0 Å². The van der Waals surface area contributed by atoms with Crippen LogP contribution in [0, 0.1) is 142 Å². The Morgan fingerprint density at radius 1 is 0.296 bits per heavy atom. The molecule has 1 N–H and O–H groups in total. The Bertz CT molecular complexity index is 1200. The lowest BCUT2D eigenvalue weighted by atomic mass is 10.5. The van der Waals surface area contributed by atoms with Gasteiger partial charge >= 0.3 is 0 Å². The molecule has 116 valence electrons. The molecule has 0 atom stereocenters. The van der Waals surface area contributed by atoms with Crippen molar-refractivity contribution >= 4 is 0 Å². The first-order chi connectivity index (χ1) is 13.4. The van der Waals surface area contributed by atoms with Gasteiger partial charge in [-0.15, -0.1) is 0 Å². The van der Waals surface area contributed by atoms with Crippen molar-refractivity contribution in [2.24, 2.45) is 0 Å². The first-order valence-electron chi connectivity index (χ1n) is 7.00. The maximum absolute atomic E-state index is 2.63. The third-order valence-corrected chi connectivity index (χ3v) is 1.62. The molecule has 0 saturated carbocycles. The van der Waals surface area contributed by atoms with Crippen molar-refractivity contribution in [1.29, 1.82) is 0 Å². The summed E-state index contributed by atoms with van der Waals surface area (Å²) in [5.74, 6) is 55.6. The molecule has 0 aromatic heterocycles. The fourth-order valence-corrected chi connectivity index (χ4v) is 0.781. The highest BCUT2D eigenvalue weighted by Crippen LogP contribution is 1.58. The molecule has 0 bridgehead atoms. The molecular weight excluding hydrogens is 326 g/mol. The summed E-state index contributed by atoms with van der Waals surface area (Å²) < 4.78 is 0. The maximum atomic E-state index is 2.63. The summed E-state index contributed by atoms with van der Waals surface area (Å²) in [6.07, 6.45) is 0. The largest absolute Gasteiger partial charge is 0.272 e. The van der Waals surface area contributed by atoms with Crippen molar-refractivity contribution < 1.29 is 0 Å². The quantitative estimate of drug-likeness (QED) is 0.505. The summed E-state index contributed by atoms with van der Waals surface area (Å²) in [6.45, 7) is 3.39. The Morgan fingerprint density at radius 3 is 0.778 bits per heavy atom. The highest BCUT2D eigenvalue weighted by atomic mass is 14.8. The van der Waals surface area contributed by atoms with E-state index in [0.717, 1.165) is 0 Å². The van der Waals surface area contributed by atoms with Crippen LogP contribution in [-0.2, 0) is 0 Å². The fraction of sp³-hybridized carbons (Fsp3) is 0.0769. The van der Waals surface area contributed by atoms with Crippen LogP contribution in [0.5, 0.6) is 0 Å². The number of hydrogen-bond donors (Lipinski definition) is 1. The molecule has 0 aromatic carbocycles. The van der Waals surface area contributed by atoms with Gasteiger partial charge in [-0.2, -0.15) is 0 Å². The second kappa shape index (κ2) is 20.5. The molecule has 1 nitrogen and oxygen atoms in total.